The van der Waals surface area contributed by atoms with Crippen LogP contribution in [0.25, 0.3) is 28.5 Å². The summed E-state index contributed by atoms with van der Waals surface area (Å²) in [5, 5.41) is 17.4. The molecular formula is C26H16Cl2F6N6. The van der Waals surface area contributed by atoms with Gasteiger partial charge in [0.1, 0.15) is 11.5 Å². The van der Waals surface area contributed by atoms with Gasteiger partial charge in [-0.15, -0.1) is 15.3 Å². The maximum Gasteiger partial charge on any atom is 0.416 e. The van der Waals surface area contributed by atoms with E-state index in [0.29, 0.717) is 39.9 Å². The summed E-state index contributed by atoms with van der Waals surface area (Å²) in [5.74, 6) is 0.632. The zero-order valence-corrected chi connectivity index (χ0v) is 21.8. The highest BCUT2D eigenvalue weighted by Crippen LogP contribution is 2.38. The first-order chi connectivity index (χ1) is 18.8. The van der Waals surface area contributed by atoms with Gasteiger partial charge in [-0.2, -0.15) is 26.3 Å². The predicted molar refractivity (Wildman–Crippen MR) is 136 cm³/mol. The van der Waals surface area contributed by atoms with E-state index in [2.05, 4.69) is 20.5 Å². The fourth-order valence-electron chi connectivity index (χ4n) is 4.21. The maximum absolute atomic E-state index is 13.5. The van der Waals surface area contributed by atoms with Crippen LogP contribution in [-0.2, 0) is 18.9 Å². The minimum atomic E-state index is -4.99. The van der Waals surface area contributed by atoms with E-state index in [1.807, 2.05) is 0 Å². The summed E-state index contributed by atoms with van der Waals surface area (Å²) in [4.78, 5) is 0. The molecule has 0 unspecified atom stereocenters. The largest absolute Gasteiger partial charge is 0.416 e. The molecule has 14 heteroatoms. The summed E-state index contributed by atoms with van der Waals surface area (Å²) in [7, 11) is 0. The Bertz CT molecular complexity index is 1660. The molecule has 206 valence electrons. The molecule has 5 rings (SSSR count). The molecule has 6 nitrogen and oxygen atoms in total. The number of hydrogen-bond donors (Lipinski definition) is 0. The SMILES string of the molecule is Cc1nnc(-c2nnn(Cc3cc(C(F)(F)F)cc(C(F)(F)F)c3)c2-c2ccccc2)n1-c1ccc(Cl)cc1Cl. The lowest BCUT2D eigenvalue weighted by molar-refractivity contribution is -0.143. The number of aromatic nitrogens is 6. The van der Waals surface area contributed by atoms with Crippen molar-refractivity contribution < 1.29 is 26.3 Å². The Kier molecular flexibility index (Phi) is 7.09. The smallest absolute Gasteiger partial charge is 0.276 e. The molecule has 0 saturated carbocycles. The van der Waals surface area contributed by atoms with E-state index in [1.54, 1.807) is 54.0 Å². The Morgan fingerprint density at radius 2 is 1.43 bits per heavy atom. The Labute approximate surface area is 232 Å². The lowest BCUT2D eigenvalue weighted by atomic mass is 10.0. The topological polar surface area (TPSA) is 61.4 Å². The first kappa shape index (κ1) is 27.7. The van der Waals surface area contributed by atoms with Crippen molar-refractivity contribution in [2.45, 2.75) is 25.8 Å². The first-order valence-corrected chi connectivity index (χ1v) is 12.2. The third-order valence-electron chi connectivity index (χ3n) is 5.95. The molecule has 0 aliphatic heterocycles. The number of aryl methyl sites for hydroxylation is 1. The predicted octanol–water partition coefficient (Wildman–Crippen LogP) is 7.89. The molecule has 2 heterocycles. The first-order valence-electron chi connectivity index (χ1n) is 11.5. The van der Waals surface area contributed by atoms with Crippen LogP contribution in [0.4, 0.5) is 26.3 Å². The number of rotatable bonds is 5. The molecule has 0 N–H and O–H groups in total. The second-order valence-corrected chi connectivity index (χ2v) is 9.57. The molecule has 40 heavy (non-hydrogen) atoms. The summed E-state index contributed by atoms with van der Waals surface area (Å²) in [6, 6.07) is 14.8. The van der Waals surface area contributed by atoms with Crippen molar-refractivity contribution in [1.82, 2.24) is 29.8 Å². The minimum Gasteiger partial charge on any atom is -0.276 e. The zero-order valence-electron chi connectivity index (χ0n) is 20.3. The molecule has 0 saturated heterocycles. The van der Waals surface area contributed by atoms with Crippen LogP contribution in [0, 0.1) is 6.92 Å². The standard InChI is InChI=1S/C26H16Cl2F6N6/c1-14-35-37-24(40(14)21-8-7-19(27)12-20(21)28)22-23(16-5-3-2-4-6-16)39(38-36-22)13-15-9-17(25(29,30)31)11-18(10-15)26(32,33)34/h2-12H,13H2,1H3. The molecule has 0 fully saturated rings. The van der Waals surface area contributed by atoms with Gasteiger partial charge in [0.15, 0.2) is 11.5 Å². The van der Waals surface area contributed by atoms with Crippen LogP contribution < -0.4 is 0 Å². The highest BCUT2D eigenvalue weighted by molar-refractivity contribution is 6.35. The third kappa shape index (κ3) is 5.41. The van der Waals surface area contributed by atoms with Gasteiger partial charge >= 0.3 is 12.4 Å². The highest BCUT2D eigenvalue weighted by atomic mass is 35.5. The Hall–Kier alpha value is -3.90. The fraction of sp³-hybridized carbons (Fsp3) is 0.154. The molecule has 0 spiro atoms. The van der Waals surface area contributed by atoms with Crippen molar-refractivity contribution in [3.63, 3.8) is 0 Å². The van der Waals surface area contributed by atoms with Gasteiger partial charge < -0.3 is 0 Å². The second-order valence-electron chi connectivity index (χ2n) is 8.73. The van der Waals surface area contributed by atoms with E-state index in [1.165, 1.54) is 10.7 Å². The van der Waals surface area contributed by atoms with Gasteiger partial charge in [-0.05, 0) is 48.9 Å². The van der Waals surface area contributed by atoms with Gasteiger partial charge in [0.05, 0.1) is 28.4 Å². The lowest BCUT2D eigenvalue weighted by Crippen LogP contribution is -2.13. The van der Waals surface area contributed by atoms with Crippen molar-refractivity contribution in [1.29, 1.82) is 0 Å². The summed E-state index contributed by atoms with van der Waals surface area (Å²) < 4.78 is 83.6. The monoisotopic (exact) mass is 596 g/mol. The van der Waals surface area contributed by atoms with Crippen LogP contribution in [-0.4, -0.2) is 29.8 Å². The van der Waals surface area contributed by atoms with Gasteiger partial charge in [0.2, 0.25) is 0 Å². The van der Waals surface area contributed by atoms with Crippen molar-refractivity contribution in [3.05, 3.63) is 99.3 Å². The van der Waals surface area contributed by atoms with Crippen LogP contribution in [0.3, 0.4) is 0 Å². The molecule has 2 aromatic heterocycles. The van der Waals surface area contributed by atoms with E-state index in [9.17, 15) is 26.3 Å². The molecule has 0 radical (unpaired) electrons. The van der Waals surface area contributed by atoms with E-state index < -0.39 is 30.0 Å². The van der Waals surface area contributed by atoms with Gasteiger partial charge in [-0.3, -0.25) is 4.57 Å². The van der Waals surface area contributed by atoms with Gasteiger partial charge in [0.25, 0.3) is 0 Å². The van der Waals surface area contributed by atoms with Crippen molar-refractivity contribution in [3.8, 4) is 28.5 Å². The summed E-state index contributed by atoms with van der Waals surface area (Å²) >= 11 is 12.5. The minimum absolute atomic E-state index is 0.0789. The van der Waals surface area contributed by atoms with Gasteiger partial charge in [-0.1, -0.05) is 58.7 Å². The van der Waals surface area contributed by atoms with Crippen molar-refractivity contribution in [2.24, 2.45) is 0 Å². The van der Waals surface area contributed by atoms with E-state index in [0.717, 1.165) is 0 Å². The number of halogens is 8. The third-order valence-corrected chi connectivity index (χ3v) is 6.49. The highest BCUT2D eigenvalue weighted by Gasteiger charge is 2.37. The zero-order chi connectivity index (χ0) is 28.8. The summed E-state index contributed by atoms with van der Waals surface area (Å²) in [6.45, 7) is 1.23. The van der Waals surface area contributed by atoms with Crippen LogP contribution in [0.2, 0.25) is 10.0 Å². The second kappa shape index (κ2) is 10.3. The van der Waals surface area contributed by atoms with Crippen molar-refractivity contribution in [2.75, 3.05) is 0 Å². The molecule has 0 bridgehead atoms. The molecule has 3 aromatic carbocycles. The molecule has 5 aromatic rings. The van der Waals surface area contributed by atoms with Crippen LogP contribution in [0.15, 0.2) is 66.7 Å². The fourth-order valence-corrected chi connectivity index (χ4v) is 4.70. The average molecular weight is 597 g/mol. The van der Waals surface area contributed by atoms with Gasteiger partial charge in [0, 0.05) is 10.6 Å². The Morgan fingerprint density at radius 1 is 0.775 bits per heavy atom. The van der Waals surface area contributed by atoms with E-state index >= 15 is 0 Å². The lowest BCUT2D eigenvalue weighted by Gasteiger charge is -2.15. The average Bonchev–Trinajstić information content (AvgIpc) is 3.46. The molecule has 0 aliphatic rings. The maximum atomic E-state index is 13.5. The Morgan fingerprint density at radius 3 is 2.02 bits per heavy atom. The van der Waals surface area contributed by atoms with Crippen LogP contribution in [0.1, 0.15) is 22.5 Å². The number of hydrogen-bond acceptors (Lipinski definition) is 4. The van der Waals surface area contributed by atoms with Crippen molar-refractivity contribution >= 4 is 23.2 Å². The number of nitrogens with zero attached hydrogens (tertiary/aromatic N) is 6. The Balaban J connectivity index is 1.69. The van der Waals surface area contributed by atoms with Crippen LogP contribution >= 0.6 is 23.2 Å². The number of benzene rings is 3. The summed E-state index contributed by atoms with van der Waals surface area (Å²) in [6.07, 6.45) is -9.98. The number of alkyl halides is 6. The molecular weight excluding hydrogens is 581 g/mol. The van der Waals surface area contributed by atoms with Crippen LogP contribution in [0.5, 0.6) is 0 Å². The quantitative estimate of drug-likeness (QED) is 0.193. The summed E-state index contributed by atoms with van der Waals surface area (Å²) in [5.41, 5.74) is -1.62. The normalized spacial score (nSPS) is 12.2. The molecule has 0 amide bonds. The molecule has 0 atom stereocenters. The molecule has 0 aliphatic carbocycles. The van der Waals surface area contributed by atoms with E-state index in [-0.39, 0.29) is 28.2 Å². The van der Waals surface area contributed by atoms with E-state index in [4.69, 9.17) is 23.2 Å². The van der Waals surface area contributed by atoms with Gasteiger partial charge in [-0.25, -0.2) is 4.68 Å².